The first kappa shape index (κ1) is 17.5. The topological polar surface area (TPSA) is 75.6 Å². The van der Waals surface area contributed by atoms with E-state index in [1.165, 1.54) is 7.11 Å². The van der Waals surface area contributed by atoms with Crippen molar-refractivity contribution in [1.82, 2.24) is 19.8 Å². The fourth-order valence-electron chi connectivity index (χ4n) is 3.97. The lowest BCUT2D eigenvalue weighted by Crippen LogP contribution is -2.47. The lowest BCUT2D eigenvalue weighted by Gasteiger charge is -2.35. The molecule has 2 aromatic heterocycles. The molecule has 3 aliphatic heterocycles. The molecule has 0 aliphatic carbocycles. The molecule has 140 valence electrons. The summed E-state index contributed by atoms with van der Waals surface area (Å²) >= 11 is 0. The monoisotopic (exact) mass is 366 g/mol. The first-order chi connectivity index (χ1) is 13.2. The molecule has 2 bridgehead atoms. The van der Waals surface area contributed by atoms with Crippen LogP contribution < -0.4 is 4.74 Å². The van der Waals surface area contributed by atoms with Crippen molar-refractivity contribution in [2.75, 3.05) is 20.2 Å². The summed E-state index contributed by atoms with van der Waals surface area (Å²) in [5, 5.41) is 0. The van der Waals surface area contributed by atoms with Gasteiger partial charge in [0.05, 0.1) is 25.3 Å². The number of piperidine rings is 1. The number of fused-ring (bicyclic) bond motifs is 4. The third-order valence-electron chi connectivity index (χ3n) is 5.33. The number of rotatable bonds is 4. The van der Waals surface area contributed by atoms with E-state index in [0.29, 0.717) is 31.1 Å². The van der Waals surface area contributed by atoms with Crippen LogP contribution in [0.15, 0.2) is 42.7 Å². The van der Waals surface area contributed by atoms with E-state index in [1.54, 1.807) is 29.4 Å². The number of aromatic nitrogens is 2. The molecule has 27 heavy (non-hydrogen) atoms. The summed E-state index contributed by atoms with van der Waals surface area (Å²) in [5.41, 5.74) is 1.30. The molecular weight excluding hydrogens is 344 g/mol. The van der Waals surface area contributed by atoms with Gasteiger partial charge in [-0.25, -0.2) is 4.98 Å². The summed E-state index contributed by atoms with van der Waals surface area (Å²) in [6.45, 7) is 1.44. The minimum Gasteiger partial charge on any atom is -0.480 e. The van der Waals surface area contributed by atoms with Crippen LogP contribution in [0.2, 0.25) is 0 Å². The van der Waals surface area contributed by atoms with Crippen LogP contribution >= 0.6 is 0 Å². The molecule has 3 fully saturated rings. The normalized spacial score (nSPS) is 21.9. The number of hydrogen-bond donors (Lipinski definition) is 0. The van der Waals surface area contributed by atoms with Gasteiger partial charge >= 0.3 is 0 Å². The number of carbonyl (C=O) groups is 2. The molecule has 2 aromatic rings. The van der Waals surface area contributed by atoms with Crippen molar-refractivity contribution in [2.45, 2.75) is 25.4 Å². The van der Waals surface area contributed by atoms with Gasteiger partial charge in [0.25, 0.3) is 5.91 Å². The summed E-state index contributed by atoms with van der Waals surface area (Å²) in [7, 11) is 1.50. The molecule has 0 radical (unpaired) electrons. The number of hydrogen-bond acceptors (Lipinski definition) is 5. The van der Waals surface area contributed by atoms with Crippen LogP contribution in [0, 0.1) is 5.92 Å². The summed E-state index contributed by atoms with van der Waals surface area (Å²) in [5.74, 6) is 0.129. The van der Waals surface area contributed by atoms with Gasteiger partial charge in [-0.05, 0) is 37.1 Å². The van der Waals surface area contributed by atoms with Crippen molar-refractivity contribution in [2.24, 2.45) is 5.92 Å². The highest BCUT2D eigenvalue weighted by Crippen LogP contribution is 2.31. The number of amides is 2. The van der Waals surface area contributed by atoms with E-state index < -0.39 is 0 Å². The van der Waals surface area contributed by atoms with Crippen molar-refractivity contribution in [3.05, 3.63) is 54.0 Å². The van der Waals surface area contributed by atoms with E-state index in [1.807, 2.05) is 23.1 Å². The number of pyridine rings is 2. The van der Waals surface area contributed by atoms with Crippen LogP contribution in [0.3, 0.4) is 0 Å². The summed E-state index contributed by atoms with van der Waals surface area (Å²) < 4.78 is 5.23. The number of carbonyl (C=O) groups excluding carboxylic acids is 2. The molecule has 3 saturated heterocycles. The van der Waals surface area contributed by atoms with Gasteiger partial charge in [0.15, 0.2) is 0 Å². The zero-order valence-corrected chi connectivity index (χ0v) is 15.2. The highest BCUT2D eigenvalue weighted by atomic mass is 16.5. The van der Waals surface area contributed by atoms with E-state index in [-0.39, 0.29) is 23.8 Å². The fraction of sp³-hybridized carbons (Fsp3) is 0.400. The fourth-order valence-corrected chi connectivity index (χ4v) is 3.97. The summed E-state index contributed by atoms with van der Waals surface area (Å²) in [6.07, 6.45) is 5.05. The molecule has 5 rings (SSSR count). The Labute approximate surface area is 158 Å². The highest BCUT2D eigenvalue weighted by Gasteiger charge is 2.42. The van der Waals surface area contributed by atoms with Gasteiger partial charge in [-0.15, -0.1) is 0 Å². The lowest BCUT2D eigenvalue weighted by molar-refractivity contribution is -0.140. The van der Waals surface area contributed by atoms with Crippen LogP contribution in [0.25, 0.3) is 0 Å². The van der Waals surface area contributed by atoms with Crippen molar-refractivity contribution in [1.29, 1.82) is 0 Å². The molecule has 0 saturated carbocycles. The van der Waals surface area contributed by atoms with Crippen molar-refractivity contribution < 1.29 is 14.3 Å². The minimum atomic E-state index is -0.168. The Morgan fingerprint density at radius 1 is 1.15 bits per heavy atom. The van der Waals surface area contributed by atoms with Crippen molar-refractivity contribution >= 4 is 11.8 Å². The van der Waals surface area contributed by atoms with Crippen LogP contribution in [-0.2, 0) is 11.3 Å². The molecule has 5 heterocycles. The van der Waals surface area contributed by atoms with Crippen LogP contribution in [0.1, 0.15) is 28.9 Å². The minimum absolute atomic E-state index is 0.00451. The second-order valence-electron chi connectivity index (χ2n) is 6.99. The Kier molecular flexibility index (Phi) is 4.75. The molecule has 0 spiro atoms. The van der Waals surface area contributed by atoms with E-state index >= 15 is 0 Å². The first-order valence-electron chi connectivity index (χ1n) is 9.16. The van der Waals surface area contributed by atoms with Gasteiger partial charge in [-0.1, -0.05) is 6.07 Å². The maximum atomic E-state index is 13.1. The molecule has 3 aliphatic rings. The molecule has 0 N–H and O–H groups in total. The largest absolute Gasteiger partial charge is 0.480 e. The van der Waals surface area contributed by atoms with Gasteiger partial charge in [0.2, 0.25) is 11.8 Å². The quantitative estimate of drug-likeness (QED) is 0.824. The smallest absolute Gasteiger partial charge is 0.259 e. The zero-order chi connectivity index (χ0) is 18.8. The summed E-state index contributed by atoms with van der Waals surface area (Å²) in [4.78, 5) is 38.2. The van der Waals surface area contributed by atoms with Crippen LogP contribution in [-0.4, -0.2) is 57.8 Å². The lowest BCUT2D eigenvalue weighted by atomic mass is 9.94. The summed E-state index contributed by atoms with van der Waals surface area (Å²) in [6, 6.07) is 9.16. The van der Waals surface area contributed by atoms with E-state index in [9.17, 15) is 9.59 Å². The maximum Gasteiger partial charge on any atom is 0.259 e. The molecule has 2 atom stereocenters. The predicted octanol–water partition coefficient (Wildman–Crippen LogP) is 1.75. The number of nitrogens with zero attached hydrogens (tertiary/aromatic N) is 4. The second-order valence-corrected chi connectivity index (χ2v) is 6.99. The van der Waals surface area contributed by atoms with Crippen LogP contribution in [0.4, 0.5) is 0 Å². The predicted molar refractivity (Wildman–Crippen MR) is 98.0 cm³/mol. The Morgan fingerprint density at radius 2 is 2.00 bits per heavy atom. The van der Waals surface area contributed by atoms with Gasteiger partial charge in [-0.2, -0.15) is 0 Å². The Hall–Kier alpha value is -2.96. The van der Waals surface area contributed by atoms with Crippen molar-refractivity contribution in [3.63, 3.8) is 0 Å². The van der Waals surface area contributed by atoms with Gasteiger partial charge in [0, 0.05) is 31.5 Å². The zero-order valence-electron chi connectivity index (χ0n) is 15.2. The van der Waals surface area contributed by atoms with E-state index in [2.05, 4.69) is 9.97 Å². The van der Waals surface area contributed by atoms with E-state index in [0.717, 1.165) is 18.5 Å². The molecule has 2 amide bonds. The standard InChI is InChI=1S/C20H22N4O3/c1-27-18-17(6-4-10-22-18)20(26)23-11-14-7-8-16(13-23)24(19(14)25)12-15-5-2-3-9-21-15/h2-6,9-10,14,16H,7-8,11-13H2,1H3/t14-,16+/m1/s1. The van der Waals surface area contributed by atoms with Crippen molar-refractivity contribution in [3.8, 4) is 5.88 Å². The Bertz CT molecular complexity index is 842. The number of ether oxygens (including phenoxy) is 1. The SMILES string of the molecule is COc1ncccc1C(=O)N1C[C@H]2CC[C@@H](C1)N(Cc1ccccn1)C2=O. The average molecular weight is 366 g/mol. The molecule has 0 unspecified atom stereocenters. The maximum absolute atomic E-state index is 13.1. The molecule has 7 nitrogen and oxygen atoms in total. The average Bonchev–Trinajstić information content (AvgIpc) is 3.00. The molecular formula is C20H22N4O3. The van der Waals surface area contributed by atoms with Crippen LogP contribution in [0.5, 0.6) is 5.88 Å². The second kappa shape index (κ2) is 7.34. The first-order valence-corrected chi connectivity index (χ1v) is 9.16. The third kappa shape index (κ3) is 3.37. The van der Waals surface area contributed by atoms with Gasteiger partial charge < -0.3 is 14.5 Å². The van der Waals surface area contributed by atoms with E-state index in [4.69, 9.17) is 4.74 Å². The highest BCUT2D eigenvalue weighted by molar-refractivity contribution is 5.97. The molecule has 0 aromatic carbocycles. The third-order valence-corrected chi connectivity index (χ3v) is 5.33. The number of methoxy groups -OCH3 is 1. The Morgan fingerprint density at radius 3 is 2.78 bits per heavy atom. The molecule has 7 heteroatoms. The van der Waals surface area contributed by atoms with Gasteiger partial charge in [0.1, 0.15) is 5.56 Å². The Balaban J connectivity index is 1.57. The van der Waals surface area contributed by atoms with Gasteiger partial charge in [-0.3, -0.25) is 14.6 Å².